The molecule has 1 aliphatic carbocycles. The summed E-state index contributed by atoms with van der Waals surface area (Å²) in [4.78, 5) is 49.5. The predicted octanol–water partition coefficient (Wildman–Crippen LogP) is 10.7. The predicted molar refractivity (Wildman–Crippen MR) is 316 cm³/mol. The first-order chi connectivity index (χ1) is 37.7. The van der Waals surface area contributed by atoms with Gasteiger partial charge in [-0.15, -0.1) is 39.5 Å². The Morgan fingerprint density at radius 2 is 1.09 bits per heavy atom. The molecule has 2 amide bonds. The van der Waals surface area contributed by atoms with Crippen molar-refractivity contribution in [1.29, 1.82) is 0 Å². The van der Waals surface area contributed by atoms with Crippen molar-refractivity contribution in [3.05, 3.63) is 164 Å². The lowest BCUT2D eigenvalue weighted by atomic mass is 9.93. The van der Waals surface area contributed by atoms with Crippen molar-refractivity contribution in [1.82, 2.24) is 10.2 Å². The fourth-order valence-corrected chi connectivity index (χ4v) is 8.30. The number of hydrogen-bond donors (Lipinski definition) is 4. The number of nitrogens with one attached hydrogen (secondary N) is 1. The van der Waals surface area contributed by atoms with Crippen molar-refractivity contribution in [2.24, 2.45) is 0 Å². The number of aliphatic hydroxyl groups excluding tert-OH is 2. The molecule has 0 saturated carbocycles. The van der Waals surface area contributed by atoms with Crippen LogP contribution in [0.1, 0.15) is 182 Å². The quantitative estimate of drug-likeness (QED) is 0.0127. The number of quaternary nitrogens is 1. The highest BCUT2D eigenvalue weighted by molar-refractivity contribution is 7.86. The molecule has 0 saturated heterocycles. The van der Waals surface area contributed by atoms with Gasteiger partial charge >= 0.3 is 0 Å². The van der Waals surface area contributed by atoms with Gasteiger partial charge in [0.15, 0.2) is 0 Å². The first-order valence-electron chi connectivity index (χ1n) is 28.2. The molecular formula is C63H97ClFN3O9S. The van der Waals surface area contributed by atoms with E-state index in [1.54, 1.807) is 48.5 Å². The fourth-order valence-electron chi connectivity index (χ4n) is 7.36. The third kappa shape index (κ3) is 35.8. The molecule has 0 fully saturated rings. The minimum absolute atomic E-state index is 0. The maximum Gasteiger partial charge on any atom is 0.296 e. The number of carbonyl (C=O) groups is 4. The zero-order chi connectivity index (χ0) is 58.7. The summed E-state index contributed by atoms with van der Waals surface area (Å²) in [6.07, 6.45) is 36.6. The summed E-state index contributed by atoms with van der Waals surface area (Å²) in [5.74, 6) is -1.48. The van der Waals surface area contributed by atoms with E-state index in [9.17, 15) is 37.1 Å². The highest BCUT2D eigenvalue weighted by atomic mass is 35.5. The number of unbranched alkanes of at least 4 members (excludes halogenated alkanes) is 17. The second-order valence-electron chi connectivity index (χ2n) is 18.2. The van der Waals surface area contributed by atoms with Gasteiger partial charge in [-0.3, -0.25) is 32.7 Å². The van der Waals surface area contributed by atoms with Crippen molar-refractivity contribution in [2.75, 3.05) is 40.0 Å². The largest absolute Gasteiger partial charge is 1.00 e. The maximum atomic E-state index is 12.1. The number of aryl methyl sites for hydroxylation is 1. The number of carbonyl (C=O) groups excluding carboxylic acids is 4. The summed E-state index contributed by atoms with van der Waals surface area (Å²) in [6, 6.07) is 13.6. The van der Waals surface area contributed by atoms with Gasteiger partial charge in [-0.25, -0.2) is 0 Å². The number of amides is 2. The Balaban J connectivity index is -0.000000970. The Bertz CT molecular complexity index is 2170. The van der Waals surface area contributed by atoms with Crippen molar-refractivity contribution in [2.45, 2.75) is 166 Å². The van der Waals surface area contributed by atoms with Crippen LogP contribution in [0.15, 0.2) is 152 Å². The van der Waals surface area contributed by atoms with Gasteiger partial charge in [0.2, 0.25) is 11.6 Å². The normalized spacial score (nSPS) is 12.3. The Hall–Kier alpha value is -5.51. The smallest absolute Gasteiger partial charge is 0.296 e. The molecule has 0 spiro atoms. The highest BCUT2D eigenvalue weighted by Gasteiger charge is 2.34. The van der Waals surface area contributed by atoms with E-state index in [0.29, 0.717) is 42.9 Å². The minimum Gasteiger partial charge on any atom is -1.00 e. The Labute approximate surface area is 477 Å². The number of hydrogen-bond acceptors (Lipinski definition) is 10. The monoisotopic (exact) mass is 1130 g/mol. The lowest BCUT2D eigenvalue weighted by Gasteiger charge is -2.17. The minimum atomic E-state index is -3.59. The number of fused-ring (bicyclic) bond motifs is 1. The molecule has 1 heterocycles. The molecule has 2 aromatic carbocycles. The van der Waals surface area contributed by atoms with Gasteiger partial charge in [0.1, 0.15) is 5.76 Å². The van der Waals surface area contributed by atoms with E-state index >= 15 is 0 Å². The molecule has 78 heavy (non-hydrogen) atoms. The first-order valence-corrected chi connectivity index (χ1v) is 28.9. The average molecular weight is 1130 g/mol. The third-order valence-electron chi connectivity index (χ3n) is 11.8. The van der Waals surface area contributed by atoms with Gasteiger partial charge in [-0.1, -0.05) is 98.4 Å². The number of alkyl halides is 1. The van der Waals surface area contributed by atoms with E-state index in [1.807, 2.05) is 43.4 Å². The molecule has 15 heteroatoms. The fraction of sp³-hybridized carbons (Fsp3) is 0.492. The van der Waals surface area contributed by atoms with Gasteiger partial charge in [0, 0.05) is 31.3 Å². The van der Waals surface area contributed by atoms with Crippen molar-refractivity contribution in [3.63, 3.8) is 0 Å². The molecule has 6 N–H and O–H groups in total. The molecule has 4 rings (SSSR count). The van der Waals surface area contributed by atoms with Gasteiger partial charge in [-0.05, 0) is 153 Å². The van der Waals surface area contributed by atoms with Crippen molar-refractivity contribution >= 4 is 33.5 Å². The van der Waals surface area contributed by atoms with E-state index in [1.165, 1.54) is 49.5 Å². The Morgan fingerprint density at radius 1 is 0.654 bits per heavy atom. The SMILES string of the molecule is C=CCCCCCCCCCC1=C(O)C(NCCCCC=C)=CC(=O)C1=O.C=CCCCCN1C(=O)c2ccccc2C1=O.C=CCCCCO.C=CCCCCOS(=O)(=O)c1ccc(C)cc1.C=CCCCC[NH3+].[2H]CF.[Cl-]. The summed E-state index contributed by atoms with van der Waals surface area (Å²) in [5.41, 5.74) is 6.45. The Morgan fingerprint density at radius 3 is 1.58 bits per heavy atom. The molecule has 12 nitrogen and oxygen atoms in total. The van der Waals surface area contributed by atoms with Crippen LogP contribution in [0.3, 0.4) is 0 Å². The summed E-state index contributed by atoms with van der Waals surface area (Å²) in [7, 11) is -4.59. The lowest BCUT2D eigenvalue weighted by molar-refractivity contribution is -0.368. The van der Waals surface area contributed by atoms with E-state index in [2.05, 4.69) is 50.5 Å². The van der Waals surface area contributed by atoms with Crippen LogP contribution in [0.2, 0.25) is 0 Å². The Kier molecular flexibility index (Phi) is 49.9. The number of benzene rings is 2. The van der Waals surface area contributed by atoms with E-state index in [4.69, 9.17) is 10.7 Å². The second-order valence-corrected chi connectivity index (χ2v) is 19.8. The second kappa shape index (κ2) is 52.2. The van der Waals surface area contributed by atoms with Crippen LogP contribution in [0, 0.1) is 6.92 Å². The van der Waals surface area contributed by atoms with Crippen LogP contribution in [0.5, 0.6) is 0 Å². The van der Waals surface area contributed by atoms with Gasteiger partial charge < -0.3 is 33.7 Å². The molecule has 0 atom stereocenters. The third-order valence-corrected chi connectivity index (χ3v) is 13.1. The number of Topliss-reactive ketones (excluding diaryl/α,β-unsaturated/α-hetero) is 1. The van der Waals surface area contributed by atoms with E-state index in [0.717, 1.165) is 121 Å². The van der Waals surface area contributed by atoms with Crippen LogP contribution in [0.25, 0.3) is 0 Å². The zero-order valence-corrected chi connectivity index (χ0v) is 48.8. The topological polar surface area (TPSA) is 195 Å². The highest BCUT2D eigenvalue weighted by Crippen LogP contribution is 2.24. The molecule has 2 aliphatic rings. The standard InChI is InChI=1S/C23H35NO3.C14H15NO2.C13H18O3S.C6H13N.C6H12O.CH3F.ClH/c1-3-5-7-9-10-11-12-13-14-16-19-22(26)20(18-21(25)23(19)27)24-17-15-8-6-4-2;1-2-3-4-7-10-15-13(16)11-8-5-6-9-12(11)14(15)17;1-3-4-5-6-11-16-17(14,15)13-9-7-12(2)8-10-13;2*1-2-3-4-5-6-7;1-2;/h3-4,18,24,26H,1-2,5-17H2;2,5-6,8-9H,1,3-4,7,10H2;3,7-10H,1,4-6,11H2,2H3;2H,1,3-7H2;2,7H,1,3-6H2;1H3;1H/i;;;;;1D;. The zero-order valence-electron chi connectivity index (χ0n) is 48.2. The molecule has 438 valence electrons. The average Bonchev–Trinajstić information content (AvgIpc) is 3.67. The first kappa shape index (κ1) is 74.6. The number of ketones is 2. The van der Waals surface area contributed by atoms with Crippen LogP contribution >= 0.6 is 0 Å². The number of rotatable bonds is 36. The summed E-state index contributed by atoms with van der Waals surface area (Å²) in [5, 5.41) is 21.7. The lowest BCUT2D eigenvalue weighted by Crippen LogP contribution is -3.00. The van der Waals surface area contributed by atoms with Crippen LogP contribution in [-0.2, 0) is 23.9 Å². The number of halogens is 2. The molecule has 0 bridgehead atoms. The number of allylic oxidation sites excluding steroid dienone is 8. The summed E-state index contributed by atoms with van der Waals surface area (Å²) < 4.78 is 43.9. The van der Waals surface area contributed by atoms with Crippen LogP contribution < -0.4 is 23.5 Å². The number of nitrogens with zero attached hydrogens (tertiary/aromatic N) is 1. The van der Waals surface area contributed by atoms with E-state index in [-0.39, 0.29) is 47.1 Å². The molecule has 0 radical (unpaired) electrons. The molecule has 1 aliphatic heterocycles. The maximum absolute atomic E-state index is 12.1. The molecular weight excluding hydrogens is 1030 g/mol. The van der Waals surface area contributed by atoms with E-state index < -0.39 is 28.8 Å². The van der Waals surface area contributed by atoms with Crippen LogP contribution in [-0.4, -0.2) is 86.9 Å². The molecule has 2 aromatic rings. The summed E-state index contributed by atoms with van der Waals surface area (Å²) in [6.45, 7) is 26.5. The van der Waals surface area contributed by atoms with Crippen molar-refractivity contribution < 1.29 is 65.9 Å². The van der Waals surface area contributed by atoms with Crippen LogP contribution in [0.4, 0.5) is 4.39 Å². The number of imide groups is 1. The molecule has 0 unspecified atom stereocenters. The van der Waals surface area contributed by atoms with Gasteiger partial charge in [0.05, 0.1) is 43.4 Å². The van der Waals surface area contributed by atoms with Gasteiger partial charge in [-0.2, -0.15) is 8.42 Å². The van der Waals surface area contributed by atoms with Crippen molar-refractivity contribution in [3.8, 4) is 0 Å². The van der Waals surface area contributed by atoms with Gasteiger partial charge in [0.25, 0.3) is 21.9 Å². The number of aliphatic hydroxyl groups is 2. The molecule has 0 aromatic heterocycles. The summed E-state index contributed by atoms with van der Waals surface area (Å²) >= 11 is 0.